The third-order valence-electron chi connectivity index (χ3n) is 4.50. The molecule has 0 unspecified atom stereocenters. The van der Waals surface area contributed by atoms with Crippen LogP contribution in [-0.2, 0) is 6.18 Å². The van der Waals surface area contributed by atoms with Crippen molar-refractivity contribution in [1.29, 1.82) is 0 Å². The lowest BCUT2D eigenvalue weighted by atomic mass is 9.96. The highest BCUT2D eigenvalue weighted by atomic mass is 32.1. The Hall–Kier alpha value is -2.82. The molecule has 1 N–H and O–H groups in total. The molecule has 7 nitrogen and oxygen atoms in total. The van der Waals surface area contributed by atoms with Crippen molar-refractivity contribution < 1.29 is 18.0 Å². The van der Waals surface area contributed by atoms with Crippen molar-refractivity contribution in [3.05, 3.63) is 47.2 Å². The van der Waals surface area contributed by atoms with Crippen LogP contribution in [0.15, 0.2) is 29.9 Å². The van der Waals surface area contributed by atoms with E-state index < -0.39 is 11.9 Å². The summed E-state index contributed by atoms with van der Waals surface area (Å²) < 4.78 is 40.1. The van der Waals surface area contributed by atoms with Gasteiger partial charge in [0.25, 0.3) is 5.91 Å². The molecule has 0 aliphatic carbocycles. The molecule has 11 heteroatoms. The first kappa shape index (κ1) is 18.5. The van der Waals surface area contributed by atoms with Gasteiger partial charge in [0.1, 0.15) is 17.8 Å². The van der Waals surface area contributed by atoms with Gasteiger partial charge in [0.15, 0.2) is 0 Å². The number of aromatic amines is 1. The van der Waals surface area contributed by atoms with Gasteiger partial charge >= 0.3 is 6.18 Å². The van der Waals surface area contributed by atoms with Gasteiger partial charge in [0.05, 0.1) is 10.6 Å². The lowest BCUT2D eigenvalue weighted by Crippen LogP contribution is -2.40. The molecule has 0 aromatic carbocycles. The number of rotatable bonds is 3. The van der Waals surface area contributed by atoms with Crippen molar-refractivity contribution in [1.82, 2.24) is 30.0 Å². The molecule has 1 amide bonds. The third kappa shape index (κ3) is 3.75. The highest BCUT2D eigenvalue weighted by Crippen LogP contribution is 2.34. The SMILES string of the molecule is O=C(c1ncn[nH]1)N1CCC[C@H](c2nc(-c3cccs3)cc(C(F)(F)F)n2)C1. The Morgan fingerprint density at radius 2 is 2.18 bits per heavy atom. The largest absolute Gasteiger partial charge is 0.433 e. The molecule has 1 saturated heterocycles. The Morgan fingerprint density at radius 3 is 2.86 bits per heavy atom. The first-order chi connectivity index (χ1) is 13.4. The number of H-pyrrole nitrogens is 1. The minimum atomic E-state index is -4.58. The second-order valence-electron chi connectivity index (χ2n) is 6.40. The van der Waals surface area contributed by atoms with Crippen LogP contribution >= 0.6 is 11.3 Å². The quantitative estimate of drug-likeness (QED) is 0.718. The zero-order chi connectivity index (χ0) is 19.7. The molecule has 1 fully saturated rings. The van der Waals surface area contributed by atoms with Gasteiger partial charge in [0, 0.05) is 19.0 Å². The first-order valence-electron chi connectivity index (χ1n) is 8.56. The second kappa shape index (κ2) is 7.30. The predicted octanol–water partition coefficient (Wildman–Crippen LogP) is 3.36. The molecule has 4 heterocycles. The van der Waals surface area contributed by atoms with Crippen LogP contribution in [0.25, 0.3) is 10.6 Å². The number of alkyl halides is 3. The van der Waals surface area contributed by atoms with Gasteiger partial charge in [-0.2, -0.15) is 18.3 Å². The maximum atomic E-state index is 13.4. The minimum absolute atomic E-state index is 0.102. The Bertz CT molecular complexity index is 958. The van der Waals surface area contributed by atoms with Crippen molar-refractivity contribution in [2.75, 3.05) is 13.1 Å². The van der Waals surface area contributed by atoms with E-state index in [1.807, 2.05) is 0 Å². The summed E-state index contributed by atoms with van der Waals surface area (Å²) in [5, 5.41) is 7.96. The van der Waals surface area contributed by atoms with Crippen LogP contribution < -0.4 is 0 Å². The molecule has 0 radical (unpaired) electrons. The van der Waals surface area contributed by atoms with Gasteiger partial charge in [-0.25, -0.2) is 15.0 Å². The maximum Gasteiger partial charge on any atom is 0.433 e. The van der Waals surface area contributed by atoms with E-state index >= 15 is 0 Å². The highest BCUT2D eigenvalue weighted by molar-refractivity contribution is 7.13. The number of hydrogen-bond donors (Lipinski definition) is 1. The van der Waals surface area contributed by atoms with Gasteiger partial charge < -0.3 is 4.90 Å². The minimum Gasteiger partial charge on any atom is -0.335 e. The lowest BCUT2D eigenvalue weighted by Gasteiger charge is -2.31. The average Bonchev–Trinajstić information content (AvgIpc) is 3.40. The zero-order valence-corrected chi connectivity index (χ0v) is 15.3. The van der Waals surface area contributed by atoms with E-state index in [9.17, 15) is 18.0 Å². The smallest absolute Gasteiger partial charge is 0.335 e. The normalized spacial score (nSPS) is 17.7. The summed E-state index contributed by atoms with van der Waals surface area (Å²) in [6.45, 7) is 0.720. The molecule has 0 bridgehead atoms. The molecule has 3 aromatic heterocycles. The third-order valence-corrected chi connectivity index (χ3v) is 5.39. The molecule has 0 saturated carbocycles. The molecule has 0 spiro atoms. The van der Waals surface area contributed by atoms with Crippen LogP contribution in [0.3, 0.4) is 0 Å². The summed E-state index contributed by atoms with van der Waals surface area (Å²) in [7, 11) is 0. The van der Waals surface area contributed by atoms with Gasteiger partial charge in [-0.3, -0.25) is 9.89 Å². The van der Waals surface area contributed by atoms with E-state index in [0.717, 1.165) is 6.07 Å². The fourth-order valence-electron chi connectivity index (χ4n) is 3.17. The standard InChI is InChI=1S/C17H15F3N6OS/c18-17(19,20)13-7-11(12-4-2-6-28-12)23-14(24-13)10-3-1-5-26(8-10)16(27)15-21-9-22-25-15/h2,4,6-7,9-10H,1,3,5,8H2,(H,21,22,25)/t10-/m0/s1. The van der Waals surface area contributed by atoms with E-state index in [2.05, 4.69) is 25.1 Å². The Labute approximate surface area is 161 Å². The van der Waals surface area contributed by atoms with Crippen LogP contribution in [0.5, 0.6) is 0 Å². The van der Waals surface area contributed by atoms with Crippen LogP contribution in [0, 0.1) is 0 Å². The summed E-state index contributed by atoms with van der Waals surface area (Å²) in [5.74, 6) is -0.521. The Balaban J connectivity index is 1.65. The molecule has 28 heavy (non-hydrogen) atoms. The molecule has 1 aliphatic heterocycles. The molecule has 146 valence electrons. The molecular weight excluding hydrogens is 393 g/mol. The molecule has 3 aromatic rings. The monoisotopic (exact) mass is 408 g/mol. The number of nitrogens with zero attached hydrogens (tertiary/aromatic N) is 5. The van der Waals surface area contributed by atoms with E-state index in [0.29, 0.717) is 24.3 Å². The number of nitrogens with one attached hydrogen (secondary N) is 1. The number of likely N-dealkylation sites (tertiary alicyclic amines) is 1. The van der Waals surface area contributed by atoms with Crippen LogP contribution in [-0.4, -0.2) is 49.0 Å². The number of piperidine rings is 1. The van der Waals surface area contributed by atoms with Crippen molar-refractivity contribution in [3.63, 3.8) is 0 Å². The fourth-order valence-corrected chi connectivity index (χ4v) is 3.86. The summed E-state index contributed by atoms with van der Waals surface area (Å²) in [5.41, 5.74) is -0.731. The van der Waals surface area contributed by atoms with Gasteiger partial charge in [0.2, 0.25) is 5.82 Å². The summed E-state index contributed by atoms with van der Waals surface area (Å²) in [6.07, 6.45) is -2.10. The summed E-state index contributed by atoms with van der Waals surface area (Å²) in [6, 6.07) is 4.45. The first-order valence-corrected chi connectivity index (χ1v) is 9.44. The molecule has 1 aliphatic rings. The van der Waals surface area contributed by atoms with E-state index in [1.54, 1.807) is 22.4 Å². The molecule has 1 atom stereocenters. The van der Waals surface area contributed by atoms with Crippen LogP contribution in [0.4, 0.5) is 13.2 Å². The second-order valence-corrected chi connectivity index (χ2v) is 7.34. The van der Waals surface area contributed by atoms with Crippen LogP contribution in [0.1, 0.15) is 40.9 Å². The Morgan fingerprint density at radius 1 is 1.32 bits per heavy atom. The van der Waals surface area contributed by atoms with E-state index in [-0.39, 0.29) is 35.7 Å². The van der Waals surface area contributed by atoms with Crippen molar-refractivity contribution >= 4 is 17.2 Å². The predicted molar refractivity (Wildman–Crippen MR) is 94.6 cm³/mol. The number of aromatic nitrogens is 5. The van der Waals surface area contributed by atoms with E-state index in [4.69, 9.17) is 0 Å². The van der Waals surface area contributed by atoms with Crippen molar-refractivity contribution in [2.45, 2.75) is 24.9 Å². The molecular formula is C17H15F3N6OS. The fraction of sp³-hybridized carbons (Fsp3) is 0.353. The molecule has 4 rings (SSSR count). The average molecular weight is 408 g/mol. The van der Waals surface area contributed by atoms with Crippen LogP contribution in [0.2, 0.25) is 0 Å². The topological polar surface area (TPSA) is 87.7 Å². The number of amides is 1. The number of halogens is 3. The maximum absolute atomic E-state index is 13.4. The summed E-state index contributed by atoms with van der Waals surface area (Å²) >= 11 is 1.31. The number of thiophene rings is 1. The van der Waals surface area contributed by atoms with Crippen molar-refractivity contribution in [2.24, 2.45) is 0 Å². The van der Waals surface area contributed by atoms with E-state index in [1.165, 1.54) is 17.7 Å². The lowest BCUT2D eigenvalue weighted by molar-refractivity contribution is -0.141. The number of hydrogen-bond acceptors (Lipinski definition) is 6. The Kier molecular flexibility index (Phi) is 4.84. The van der Waals surface area contributed by atoms with Gasteiger partial charge in [-0.05, 0) is 30.4 Å². The summed E-state index contributed by atoms with van der Waals surface area (Å²) in [4.78, 5) is 26.7. The van der Waals surface area contributed by atoms with Gasteiger partial charge in [-0.1, -0.05) is 6.07 Å². The number of carbonyl (C=O) groups is 1. The van der Waals surface area contributed by atoms with Gasteiger partial charge in [-0.15, -0.1) is 11.3 Å². The number of carbonyl (C=O) groups excluding carboxylic acids is 1. The highest BCUT2D eigenvalue weighted by Gasteiger charge is 2.36. The van der Waals surface area contributed by atoms with Crippen molar-refractivity contribution in [3.8, 4) is 10.6 Å². The zero-order valence-electron chi connectivity index (χ0n) is 14.5.